The van der Waals surface area contributed by atoms with Gasteiger partial charge in [-0.2, -0.15) is 0 Å². The topological polar surface area (TPSA) is 9.23 Å². The molecule has 0 saturated carbocycles. The molecule has 1 atom stereocenters. The number of rotatable bonds is 8. The molecule has 0 aliphatic rings. The average Bonchev–Trinajstić information content (AvgIpc) is 2.52. The summed E-state index contributed by atoms with van der Waals surface area (Å²) < 4.78 is 5.79. The molecule has 0 heterocycles. The summed E-state index contributed by atoms with van der Waals surface area (Å²) >= 11 is 0. The quantitative estimate of drug-likeness (QED) is 0.633. The monoisotopic (exact) mass is 266 g/mol. The van der Waals surface area contributed by atoms with E-state index in [1.807, 2.05) is 24.3 Å². The van der Waals surface area contributed by atoms with Crippen LogP contribution in [0.5, 0.6) is 0 Å². The van der Waals surface area contributed by atoms with Crippen LogP contribution < -0.4 is 0 Å². The van der Waals surface area contributed by atoms with Crippen LogP contribution in [0.3, 0.4) is 0 Å². The molecule has 2 aromatic rings. The maximum Gasteiger partial charge on any atom is 0.0717 e. The van der Waals surface area contributed by atoms with Gasteiger partial charge in [0, 0.05) is 5.92 Å². The summed E-state index contributed by atoms with van der Waals surface area (Å²) in [5.74, 6) is 0.416. The maximum absolute atomic E-state index is 5.79. The molecule has 104 valence electrons. The Hall–Kier alpha value is -1.86. The van der Waals surface area contributed by atoms with Gasteiger partial charge in [-0.25, -0.2) is 0 Å². The maximum atomic E-state index is 5.79. The van der Waals surface area contributed by atoms with Crippen molar-refractivity contribution in [1.82, 2.24) is 0 Å². The Morgan fingerprint density at radius 3 is 2.10 bits per heavy atom. The minimum atomic E-state index is 0.416. The summed E-state index contributed by atoms with van der Waals surface area (Å²) in [7, 11) is 0. The van der Waals surface area contributed by atoms with Gasteiger partial charge in [-0.15, -0.1) is 6.58 Å². The normalized spacial score (nSPS) is 12.0. The molecule has 2 rings (SSSR count). The van der Waals surface area contributed by atoms with Crippen LogP contribution in [0.2, 0.25) is 0 Å². The number of hydrogen-bond acceptors (Lipinski definition) is 1. The second-order valence-electron chi connectivity index (χ2n) is 5.02. The fourth-order valence-electron chi connectivity index (χ4n) is 2.17. The lowest BCUT2D eigenvalue weighted by Gasteiger charge is -2.13. The van der Waals surface area contributed by atoms with Gasteiger partial charge < -0.3 is 4.74 Å². The zero-order valence-electron chi connectivity index (χ0n) is 11.9. The predicted molar refractivity (Wildman–Crippen MR) is 84.5 cm³/mol. The van der Waals surface area contributed by atoms with E-state index in [0.29, 0.717) is 12.5 Å². The van der Waals surface area contributed by atoms with Gasteiger partial charge >= 0.3 is 0 Å². The predicted octanol–water partition coefficient (Wildman–Crippen LogP) is 4.64. The molecule has 2 aromatic carbocycles. The summed E-state index contributed by atoms with van der Waals surface area (Å²) in [5, 5.41) is 0. The molecule has 0 N–H and O–H groups in total. The van der Waals surface area contributed by atoms with Crippen molar-refractivity contribution in [2.24, 2.45) is 5.92 Å². The van der Waals surface area contributed by atoms with Gasteiger partial charge in [0.1, 0.15) is 0 Å². The molecule has 1 heteroatoms. The van der Waals surface area contributed by atoms with E-state index in [4.69, 9.17) is 4.74 Å². The van der Waals surface area contributed by atoms with Gasteiger partial charge in [0.25, 0.3) is 0 Å². The third-order valence-electron chi connectivity index (χ3n) is 3.42. The Kier molecular flexibility index (Phi) is 6.07. The number of aryl methyl sites for hydroxylation is 1. The summed E-state index contributed by atoms with van der Waals surface area (Å²) in [5.41, 5.74) is 2.60. The number of benzene rings is 2. The van der Waals surface area contributed by atoms with Gasteiger partial charge in [-0.3, -0.25) is 0 Å². The molecule has 0 aliphatic heterocycles. The highest BCUT2D eigenvalue weighted by molar-refractivity contribution is 5.15. The summed E-state index contributed by atoms with van der Waals surface area (Å²) in [6, 6.07) is 20.9. The van der Waals surface area contributed by atoms with Crippen LogP contribution in [-0.4, -0.2) is 6.61 Å². The molecule has 0 saturated heterocycles. The molecule has 20 heavy (non-hydrogen) atoms. The molecule has 1 nitrogen and oxygen atoms in total. The van der Waals surface area contributed by atoms with Crippen LogP contribution >= 0.6 is 0 Å². The van der Waals surface area contributed by atoms with E-state index in [2.05, 4.69) is 49.0 Å². The highest BCUT2D eigenvalue weighted by Gasteiger charge is 2.05. The molecule has 0 fully saturated rings. The van der Waals surface area contributed by atoms with E-state index in [9.17, 15) is 0 Å². The second-order valence-corrected chi connectivity index (χ2v) is 5.02. The Labute approximate surface area is 121 Å². The van der Waals surface area contributed by atoms with Crippen molar-refractivity contribution in [3.63, 3.8) is 0 Å². The first-order chi connectivity index (χ1) is 9.88. The second kappa shape index (κ2) is 8.34. The fourth-order valence-corrected chi connectivity index (χ4v) is 2.17. The molecule has 0 bridgehead atoms. The van der Waals surface area contributed by atoms with Crippen molar-refractivity contribution < 1.29 is 4.74 Å². The minimum Gasteiger partial charge on any atom is -0.376 e. The lowest BCUT2D eigenvalue weighted by atomic mass is 10.0. The standard InChI is InChI=1S/C19H22O/c1-2-17(13-14-18-9-5-3-6-10-18)15-20-16-19-11-7-4-8-12-19/h2-12,17H,1,13-16H2/t17-/m1/s1. The zero-order valence-corrected chi connectivity index (χ0v) is 11.9. The molecular formula is C19H22O. The third kappa shape index (κ3) is 5.02. The van der Waals surface area contributed by atoms with E-state index < -0.39 is 0 Å². The fraction of sp³-hybridized carbons (Fsp3) is 0.263. The zero-order chi connectivity index (χ0) is 14.0. The van der Waals surface area contributed by atoms with Crippen LogP contribution in [0.1, 0.15) is 17.5 Å². The molecule has 0 aromatic heterocycles. The van der Waals surface area contributed by atoms with Crippen molar-refractivity contribution in [1.29, 1.82) is 0 Å². The highest BCUT2D eigenvalue weighted by Crippen LogP contribution is 2.12. The largest absolute Gasteiger partial charge is 0.376 e. The van der Waals surface area contributed by atoms with E-state index in [-0.39, 0.29) is 0 Å². The van der Waals surface area contributed by atoms with Crippen molar-refractivity contribution >= 4 is 0 Å². The van der Waals surface area contributed by atoms with Crippen LogP contribution in [0.4, 0.5) is 0 Å². The molecular weight excluding hydrogens is 244 g/mol. The van der Waals surface area contributed by atoms with Gasteiger partial charge in [-0.1, -0.05) is 66.7 Å². The molecule has 0 aliphatic carbocycles. The van der Waals surface area contributed by atoms with E-state index >= 15 is 0 Å². The Morgan fingerprint density at radius 1 is 0.900 bits per heavy atom. The van der Waals surface area contributed by atoms with Crippen molar-refractivity contribution in [2.75, 3.05) is 6.61 Å². The Morgan fingerprint density at radius 2 is 1.50 bits per heavy atom. The highest BCUT2D eigenvalue weighted by atomic mass is 16.5. The first kappa shape index (κ1) is 14.5. The van der Waals surface area contributed by atoms with Crippen LogP contribution in [0.15, 0.2) is 73.3 Å². The smallest absolute Gasteiger partial charge is 0.0717 e. The third-order valence-corrected chi connectivity index (χ3v) is 3.42. The van der Waals surface area contributed by atoms with Crippen molar-refractivity contribution in [3.05, 3.63) is 84.4 Å². The van der Waals surface area contributed by atoms with Crippen molar-refractivity contribution in [2.45, 2.75) is 19.4 Å². The molecule has 0 unspecified atom stereocenters. The summed E-state index contributed by atoms with van der Waals surface area (Å²) in [4.78, 5) is 0. The van der Waals surface area contributed by atoms with Crippen molar-refractivity contribution in [3.8, 4) is 0 Å². The van der Waals surface area contributed by atoms with Gasteiger partial charge in [0.15, 0.2) is 0 Å². The van der Waals surface area contributed by atoms with Gasteiger partial charge in [-0.05, 0) is 24.0 Å². The summed E-state index contributed by atoms with van der Waals surface area (Å²) in [6.45, 7) is 5.34. The number of ether oxygens (including phenoxy) is 1. The lowest BCUT2D eigenvalue weighted by Crippen LogP contribution is -2.08. The average molecular weight is 266 g/mol. The summed E-state index contributed by atoms with van der Waals surface area (Å²) in [6.07, 6.45) is 4.17. The first-order valence-corrected chi connectivity index (χ1v) is 7.16. The minimum absolute atomic E-state index is 0.416. The van der Waals surface area contributed by atoms with E-state index in [1.54, 1.807) is 0 Å². The first-order valence-electron chi connectivity index (χ1n) is 7.16. The lowest BCUT2D eigenvalue weighted by molar-refractivity contribution is 0.0974. The molecule has 0 amide bonds. The van der Waals surface area contributed by atoms with Crippen LogP contribution in [-0.2, 0) is 17.8 Å². The Bertz CT molecular complexity index is 490. The van der Waals surface area contributed by atoms with Gasteiger partial charge in [0.2, 0.25) is 0 Å². The number of hydrogen-bond donors (Lipinski definition) is 0. The van der Waals surface area contributed by atoms with Crippen LogP contribution in [0.25, 0.3) is 0 Å². The SMILES string of the molecule is C=C[C@H](CCc1ccccc1)COCc1ccccc1. The molecule has 0 radical (unpaired) electrons. The van der Waals surface area contributed by atoms with E-state index in [1.165, 1.54) is 11.1 Å². The van der Waals surface area contributed by atoms with Gasteiger partial charge in [0.05, 0.1) is 13.2 Å². The van der Waals surface area contributed by atoms with E-state index in [0.717, 1.165) is 19.4 Å². The molecule has 0 spiro atoms. The Balaban J connectivity index is 1.71. The van der Waals surface area contributed by atoms with Crippen LogP contribution in [0, 0.1) is 5.92 Å².